The number of fused-ring (bicyclic) bond motifs is 1. The highest BCUT2D eigenvalue weighted by molar-refractivity contribution is 7.08. The number of carbonyl (C=O) groups is 1. The molecule has 5 rings (SSSR count). The number of amides is 1. The van der Waals surface area contributed by atoms with Gasteiger partial charge in [-0.2, -0.15) is 16.4 Å². The maximum Gasteiger partial charge on any atom is 0.227 e. The Labute approximate surface area is 166 Å². The Morgan fingerprint density at radius 3 is 3.00 bits per heavy atom. The molecule has 1 aliphatic rings. The lowest BCUT2D eigenvalue weighted by atomic mass is 10.1. The molecule has 140 valence electrons. The van der Waals surface area contributed by atoms with E-state index >= 15 is 0 Å². The third kappa shape index (κ3) is 3.29. The summed E-state index contributed by atoms with van der Waals surface area (Å²) in [4.78, 5) is 23.4. The molecule has 4 aromatic rings. The van der Waals surface area contributed by atoms with Crippen LogP contribution in [0.2, 0.25) is 0 Å². The molecule has 0 saturated carbocycles. The van der Waals surface area contributed by atoms with Crippen molar-refractivity contribution in [3.63, 3.8) is 0 Å². The molecule has 1 aliphatic heterocycles. The minimum absolute atomic E-state index is 0.184. The van der Waals surface area contributed by atoms with E-state index in [1.165, 1.54) is 0 Å². The monoisotopic (exact) mass is 389 g/mol. The Morgan fingerprint density at radius 2 is 2.18 bits per heavy atom. The largest absolute Gasteiger partial charge is 0.342 e. The van der Waals surface area contributed by atoms with Gasteiger partial charge in [0.25, 0.3) is 0 Å². The first kappa shape index (κ1) is 17.1. The van der Waals surface area contributed by atoms with Crippen molar-refractivity contribution >= 4 is 22.9 Å². The summed E-state index contributed by atoms with van der Waals surface area (Å²) in [5.74, 6) is 1.19. The molecular weight excluding hydrogens is 370 g/mol. The van der Waals surface area contributed by atoms with E-state index in [0.717, 1.165) is 41.1 Å². The van der Waals surface area contributed by atoms with Crippen molar-refractivity contribution in [2.45, 2.75) is 18.8 Å². The van der Waals surface area contributed by atoms with E-state index < -0.39 is 0 Å². The molecule has 0 aromatic carbocycles. The number of likely N-dealkylation sites (tertiary alicyclic amines) is 1. The third-order valence-electron chi connectivity index (χ3n) is 5.18. The first-order chi connectivity index (χ1) is 13.8. The van der Waals surface area contributed by atoms with Crippen molar-refractivity contribution in [2.75, 3.05) is 13.1 Å². The van der Waals surface area contributed by atoms with E-state index in [4.69, 9.17) is 10.1 Å². The van der Waals surface area contributed by atoms with Crippen LogP contribution < -0.4 is 0 Å². The van der Waals surface area contributed by atoms with E-state index in [0.29, 0.717) is 13.0 Å². The molecule has 5 heterocycles. The highest BCUT2D eigenvalue weighted by Gasteiger charge is 2.30. The van der Waals surface area contributed by atoms with Crippen LogP contribution in [-0.2, 0) is 11.2 Å². The standard InChI is InChI=1S/C21H19N5OS/c27-20(10-15-6-9-28-14-15)25-8-5-18(12-25)21-23-19-4-3-17(13-26(19)24-21)16-2-1-7-22-11-16/h1-4,6-7,9,11,13-14,18H,5,8,10,12H2. The summed E-state index contributed by atoms with van der Waals surface area (Å²) in [7, 11) is 0. The van der Waals surface area contributed by atoms with Crippen LogP contribution in [0.1, 0.15) is 23.7 Å². The lowest BCUT2D eigenvalue weighted by molar-refractivity contribution is -0.129. The van der Waals surface area contributed by atoms with Gasteiger partial charge in [-0.1, -0.05) is 6.07 Å². The van der Waals surface area contributed by atoms with E-state index in [9.17, 15) is 4.79 Å². The van der Waals surface area contributed by atoms with Gasteiger partial charge >= 0.3 is 0 Å². The highest BCUT2D eigenvalue weighted by atomic mass is 32.1. The van der Waals surface area contributed by atoms with Crippen molar-refractivity contribution < 1.29 is 4.79 Å². The molecule has 0 N–H and O–H groups in total. The fraction of sp³-hybridized carbons (Fsp3) is 0.238. The lowest BCUT2D eigenvalue weighted by Gasteiger charge is -2.15. The summed E-state index contributed by atoms with van der Waals surface area (Å²) in [5, 5.41) is 8.75. The molecule has 1 fully saturated rings. The lowest BCUT2D eigenvalue weighted by Crippen LogP contribution is -2.29. The molecule has 7 heteroatoms. The van der Waals surface area contributed by atoms with Crippen molar-refractivity contribution in [2.24, 2.45) is 0 Å². The molecule has 1 unspecified atom stereocenters. The van der Waals surface area contributed by atoms with Gasteiger partial charge in [-0.15, -0.1) is 0 Å². The van der Waals surface area contributed by atoms with Crippen LogP contribution in [0.4, 0.5) is 0 Å². The Hall–Kier alpha value is -3.06. The predicted molar refractivity (Wildman–Crippen MR) is 108 cm³/mol. The zero-order chi connectivity index (χ0) is 18.9. The zero-order valence-corrected chi connectivity index (χ0v) is 16.0. The molecule has 0 aliphatic carbocycles. The van der Waals surface area contributed by atoms with Gasteiger partial charge in [-0.3, -0.25) is 9.78 Å². The average Bonchev–Trinajstić information content (AvgIpc) is 3.47. The Kier molecular flexibility index (Phi) is 4.37. The van der Waals surface area contributed by atoms with E-state index in [2.05, 4.69) is 4.98 Å². The number of hydrogen-bond acceptors (Lipinski definition) is 5. The molecule has 28 heavy (non-hydrogen) atoms. The summed E-state index contributed by atoms with van der Waals surface area (Å²) >= 11 is 1.63. The molecule has 0 radical (unpaired) electrons. The van der Waals surface area contributed by atoms with Crippen LogP contribution in [0.5, 0.6) is 0 Å². The van der Waals surface area contributed by atoms with Gasteiger partial charge in [0.05, 0.1) is 6.42 Å². The maximum absolute atomic E-state index is 12.5. The first-order valence-electron chi connectivity index (χ1n) is 9.32. The average molecular weight is 389 g/mol. The van der Waals surface area contributed by atoms with Crippen LogP contribution in [0.15, 0.2) is 59.7 Å². The van der Waals surface area contributed by atoms with Crippen molar-refractivity contribution in [3.05, 3.63) is 71.1 Å². The number of nitrogens with zero attached hydrogens (tertiary/aromatic N) is 5. The topological polar surface area (TPSA) is 63.4 Å². The van der Waals surface area contributed by atoms with Gasteiger partial charge in [-0.05, 0) is 47.0 Å². The molecule has 4 aromatic heterocycles. The van der Waals surface area contributed by atoms with Crippen LogP contribution in [0.3, 0.4) is 0 Å². The summed E-state index contributed by atoms with van der Waals surface area (Å²) in [5.41, 5.74) is 4.02. The summed E-state index contributed by atoms with van der Waals surface area (Å²) in [6.45, 7) is 1.46. The van der Waals surface area contributed by atoms with Crippen molar-refractivity contribution in [1.29, 1.82) is 0 Å². The van der Waals surface area contributed by atoms with E-state index in [1.54, 1.807) is 17.5 Å². The smallest absolute Gasteiger partial charge is 0.227 e. The molecule has 1 saturated heterocycles. The fourth-order valence-electron chi connectivity index (χ4n) is 3.65. The SMILES string of the molecule is O=C(Cc1ccsc1)N1CCC(c2nc3ccc(-c4cccnc4)cn3n2)C1. The maximum atomic E-state index is 12.5. The summed E-state index contributed by atoms with van der Waals surface area (Å²) in [6.07, 6.45) is 6.97. The number of hydrogen-bond donors (Lipinski definition) is 0. The molecule has 0 spiro atoms. The highest BCUT2D eigenvalue weighted by Crippen LogP contribution is 2.27. The first-order valence-corrected chi connectivity index (χ1v) is 10.3. The van der Waals surface area contributed by atoms with Gasteiger partial charge in [0.1, 0.15) is 0 Å². The van der Waals surface area contributed by atoms with Crippen LogP contribution in [0, 0.1) is 0 Å². The van der Waals surface area contributed by atoms with Gasteiger partial charge in [0, 0.05) is 48.7 Å². The van der Waals surface area contributed by atoms with Crippen LogP contribution in [0.25, 0.3) is 16.8 Å². The van der Waals surface area contributed by atoms with Crippen molar-refractivity contribution in [3.8, 4) is 11.1 Å². The number of pyridine rings is 2. The molecule has 1 atom stereocenters. The molecule has 6 nitrogen and oxygen atoms in total. The minimum atomic E-state index is 0.184. The molecular formula is C21H19N5OS. The quantitative estimate of drug-likeness (QED) is 0.537. The second-order valence-corrected chi connectivity index (χ2v) is 7.85. The Morgan fingerprint density at radius 1 is 1.21 bits per heavy atom. The van der Waals surface area contributed by atoms with E-state index in [-0.39, 0.29) is 11.8 Å². The number of aromatic nitrogens is 4. The Balaban J connectivity index is 1.33. The van der Waals surface area contributed by atoms with E-state index in [1.807, 2.05) is 62.9 Å². The van der Waals surface area contributed by atoms with Crippen LogP contribution in [-0.4, -0.2) is 43.5 Å². The number of thiophene rings is 1. The van der Waals surface area contributed by atoms with Gasteiger partial charge in [0.15, 0.2) is 11.5 Å². The van der Waals surface area contributed by atoms with Gasteiger partial charge < -0.3 is 4.90 Å². The second kappa shape index (κ2) is 7.16. The fourth-order valence-corrected chi connectivity index (χ4v) is 4.32. The molecule has 0 bridgehead atoms. The Bertz CT molecular complexity index is 1110. The van der Waals surface area contributed by atoms with Gasteiger partial charge in [0.2, 0.25) is 5.91 Å². The third-order valence-corrected chi connectivity index (χ3v) is 5.92. The van der Waals surface area contributed by atoms with Crippen LogP contribution >= 0.6 is 11.3 Å². The number of carbonyl (C=O) groups excluding carboxylic acids is 1. The summed E-state index contributed by atoms with van der Waals surface area (Å²) in [6, 6.07) is 9.98. The minimum Gasteiger partial charge on any atom is -0.342 e. The molecule has 1 amide bonds. The normalized spacial score (nSPS) is 16.7. The van der Waals surface area contributed by atoms with Crippen molar-refractivity contribution in [1.82, 2.24) is 24.5 Å². The zero-order valence-electron chi connectivity index (χ0n) is 15.2. The predicted octanol–water partition coefficient (Wildman–Crippen LogP) is 3.41. The van der Waals surface area contributed by atoms with Gasteiger partial charge in [-0.25, -0.2) is 9.50 Å². The number of rotatable bonds is 4. The summed E-state index contributed by atoms with van der Waals surface area (Å²) < 4.78 is 1.83. The second-order valence-electron chi connectivity index (χ2n) is 7.07.